The molecule has 0 spiro atoms. The van der Waals surface area contributed by atoms with Crippen LogP contribution in [-0.4, -0.2) is 38.4 Å². The number of alkyl halides is 3. The van der Waals surface area contributed by atoms with E-state index in [0.29, 0.717) is 32.1 Å². The zero-order chi connectivity index (χ0) is 17.1. The number of halogens is 4. The van der Waals surface area contributed by atoms with Crippen LogP contribution in [0.25, 0.3) is 0 Å². The van der Waals surface area contributed by atoms with Crippen molar-refractivity contribution in [2.75, 3.05) is 26.2 Å². The molecule has 4 nitrogen and oxygen atoms in total. The van der Waals surface area contributed by atoms with Gasteiger partial charge in [0.05, 0.1) is 13.0 Å². The number of nitrogens with zero attached hydrogens (tertiary/aromatic N) is 1. The van der Waals surface area contributed by atoms with Gasteiger partial charge in [-0.3, -0.25) is 4.99 Å². The Hall–Kier alpha value is -1.19. The van der Waals surface area contributed by atoms with Crippen molar-refractivity contribution in [3.8, 4) is 5.75 Å². The topological polar surface area (TPSA) is 45.7 Å². The normalized spacial score (nSPS) is 11.6. The molecule has 0 aliphatic rings. The number of aryl methyl sites for hydroxylation is 1. The fourth-order valence-corrected chi connectivity index (χ4v) is 1.82. The lowest BCUT2D eigenvalue weighted by Crippen LogP contribution is -2.39. The second-order valence-electron chi connectivity index (χ2n) is 5.02. The number of rotatable bonds is 8. The van der Waals surface area contributed by atoms with E-state index in [1.807, 2.05) is 38.1 Å². The molecule has 1 rings (SSSR count). The Balaban J connectivity index is 0.00000529. The third-order valence-corrected chi connectivity index (χ3v) is 2.97. The monoisotopic (exact) mass is 459 g/mol. The van der Waals surface area contributed by atoms with Gasteiger partial charge in [-0.15, -0.1) is 24.0 Å². The first kappa shape index (κ1) is 22.8. The third-order valence-electron chi connectivity index (χ3n) is 2.97. The van der Waals surface area contributed by atoms with Gasteiger partial charge in [0.15, 0.2) is 5.96 Å². The Labute approximate surface area is 158 Å². The number of benzene rings is 1. The highest BCUT2D eigenvalue weighted by atomic mass is 127. The van der Waals surface area contributed by atoms with Crippen LogP contribution in [0.15, 0.2) is 29.3 Å². The molecule has 0 saturated heterocycles. The highest BCUT2D eigenvalue weighted by Crippen LogP contribution is 2.18. The quantitative estimate of drug-likeness (QED) is 0.269. The van der Waals surface area contributed by atoms with Crippen molar-refractivity contribution in [2.24, 2.45) is 4.99 Å². The molecule has 1 aromatic carbocycles. The molecule has 0 bridgehead atoms. The second-order valence-corrected chi connectivity index (χ2v) is 5.02. The Morgan fingerprint density at radius 1 is 1.21 bits per heavy atom. The molecule has 24 heavy (non-hydrogen) atoms. The second kappa shape index (κ2) is 12.2. The number of ether oxygens (including phenoxy) is 1. The van der Waals surface area contributed by atoms with Crippen LogP contribution in [0.5, 0.6) is 5.75 Å². The smallest absolute Gasteiger partial charge is 0.390 e. The lowest BCUT2D eigenvalue weighted by atomic mass is 10.2. The Bertz CT molecular complexity index is 496. The maximum absolute atomic E-state index is 12.1. The number of hydrogen-bond acceptors (Lipinski definition) is 2. The summed E-state index contributed by atoms with van der Waals surface area (Å²) in [5.74, 6) is 1.24. The first-order valence-electron chi connectivity index (χ1n) is 7.69. The molecule has 0 atom stereocenters. The molecule has 0 aliphatic heterocycles. The maximum atomic E-state index is 12.1. The van der Waals surface area contributed by atoms with Crippen LogP contribution in [0, 0.1) is 6.92 Å². The predicted octanol–water partition coefficient (Wildman–Crippen LogP) is 3.89. The highest BCUT2D eigenvalue weighted by Gasteiger charge is 2.26. The van der Waals surface area contributed by atoms with Crippen LogP contribution < -0.4 is 15.4 Å². The van der Waals surface area contributed by atoms with E-state index in [1.165, 1.54) is 0 Å². The zero-order valence-electron chi connectivity index (χ0n) is 13.9. The fourth-order valence-electron chi connectivity index (χ4n) is 1.82. The average Bonchev–Trinajstić information content (AvgIpc) is 2.47. The van der Waals surface area contributed by atoms with Gasteiger partial charge in [0, 0.05) is 26.1 Å². The van der Waals surface area contributed by atoms with Crippen LogP contribution in [0.3, 0.4) is 0 Å². The number of guanidine groups is 1. The van der Waals surface area contributed by atoms with Gasteiger partial charge in [-0.2, -0.15) is 13.2 Å². The zero-order valence-corrected chi connectivity index (χ0v) is 16.3. The van der Waals surface area contributed by atoms with Gasteiger partial charge in [-0.1, -0.05) is 18.2 Å². The number of para-hydroxylation sites is 1. The van der Waals surface area contributed by atoms with Gasteiger partial charge in [0.1, 0.15) is 5.75 Å². The molecular weight excluding hydrogens is 434 g/mol. The predicted molar refractivity (Wildman–Crippen MR) is 101 cm³/mol. The highest BCUT2D eigenvalue weighted by molar-refractivity contribution is 14.0. The van der Waals surface area contributed by atoms with E-state index in [2.05, 4.69) is 15.6 Å². The Morgan fingerprint density at radius 2 is 1.92 bits per heavy atom. The van der Waals surface area contributed by atoms with Gasteiger partial charge in [0.2, 0.25) is 0 Å². The SMILES string of the molecule is CCNC(=NCCCOc1ccccc1C)NCCC(F)(F)F.I. The van der Waals surface area contributed by atoms with Crippen molar-refractivity contribution in [3.05, 3.63) is 29.8 Å². The van der Waals surface area contributed by atoms with Gasteiger partial charge < -0.3 is 15.4 Å². The lowest BCUT2D eigenvalue weighted by Gasteiger charge is -2.12. The number of nitrogens with one attached hydrogen (secondary N) is 2. The number of hydrogen-bond donors (Lipinski definition) is 2. The van der Waals surface area contributed by atoms with E-state index in [1.54, 1.807) is 0 Å². The molecule has 1 aromatic rings. The van der Waals surface area contributed by atoms with Crippen molar-refractivity contribution in [3.63, 3.8) is 0 Å². The summed E-state index contributed by atoms with van der Waals surface area (Å²) in [6.45, 7) is 5.24. The first-order chi connectivity index (χ1) is 10.9. The number of aliphatic imine (C=N–C) groups is 1. The lowest BCUT2D eigenvalue weighted by molar-refractivity contribution is -0.132. The summed E-state index contributed by atoms with van der Waals surface area (Å²) in [4.78, 5) is 4.23. The van der Waals surface area contributed by atoms with Crippen molar-refractivity contribution >= 4 is 29.9 Å². The summed E-state index contributed by atoms with van der Waals surface area (Å²) >= 11 is 0. The van der Waals surface area contributed by atoms with Crippen LogP contribution in [0.2, 0.25) is 0 Å². The van der Waals surface area contributed by atoms with Crippen molar-refractivity contribution < 1.29 is 17.9 Å². The molecule has 8 heteroatoms. The molecule has 0 amide bonds. The third kappa shape index (κ3) is 10.6. The van der Waals surface area contributed by atoms with Crippen molar-refractivity contribution in [1.29, 1.82) is 0 Å². The summed E-state index contributed by atoms with van der Waals surface area (Å²) < 4.78 is 42.0. The summed E-state index contributed by atoms with van der Waals surface area (Å²) in [7, 11) is 0. The molecular formula is C16H25F3IN3O. The van der Waals surface area contributed by atoms with Gasteiger partial charge in [-0.05, 0) is 25.5 Å². The molecule has 0 aromatic heterocycles. The van der Waals surface area contributed by atoms with E-state index in [9.17, 15) is 13.2 Å². The molecule has 0 radical (unpaired) electrons. The van der Waals surface area contributed by atoms with Gasteiger partial charge >= 0.3 is 6.18 Å². The van der Waals surface area contributed by atoms with Crippen LogP contribution in [0.1, 0.15) is 25.3 Å². The average molecular weight is 459 g/mol. The van der Waals surface area contributed by atoms with E-state index in [-0.39, 0.29) is 30.5 Å². The molecule has 138 valence electrons. The summed E-state index contributed by atoms with van der Waals surface area (Å²) in [6.07, 6.45) is -4.36. The fraction of sp³-hybridized carbons (Fsp3) is 0.562. The molecule has 2 N–H and O–H groups in total. The van der Waals surface area contributed by atoms with Gasteiger partial charge in [0.25, 0.3) is 0 Å². The Kier molecular flexibility index (Phi) is 11.6. The summed E-state index contributed by atoms with van der Waals surface area (Å²) in [6, 6.07) is 7.73. The maximum Gasteiger partial charge on any atom is 0.390 e. The molecule has 0 unspecified atom stereocenters. The Morgan fingerprint density at radius 3 is 2.54 bits per heavy atom. The minimum absolute atomic E-state index is 0. The summed E-state index contributed by atoms with van der Waals surface area (Å²) in [5.41, 5.74) is 1.07. The minimum atomic E-state index is -4.16. The van der Waals surface area contributed by atoms with E-state index < -0.39 is 12.6 Å². The van der Waals surface area contributed by atoms with Crippen LogP contribution in [-0.2, 0) is 0 Å². The largest absolute Gasteiger partial charge is 0.493 e. The molecule has 0 aliphatic carbocycles. The van der Waals surface area contributed by atoms with E-state index in [4.69, 9.17) is 4.74 Å². The first-order valence-corrected chi connectivity index (χ1v) is 7.69. The van der Waals surface area contributed by atoms with Crippen LogP contribution >= 0.6 is 24.0 Å². The molecule has 0 heterocycles. The molecule has 0 saturated carbocycles. The van der Waals surface area contributed by atoms with Gasteiger partial charge in [-0.25, -0.2) is 0 Å². The minimum Gasteiger partial charge on any atom is -0.493 e. The van der Waals surface area contributed by atoms with E-state index >= 15 is 0 Å². The van der Waals surface area contributed by atoms with Crippen LogP contribution in [0.4, 0.5) is 13.2 Å². The molecule has 0 fully saturated rings. The van der Waals surface area contributed by atoms with Crippen molar-refractivity contribution in [2.45, 2.75) is 32.9 Å². The standard InChI is InChI=1S/C16H24F3N3O.HI/c1-3-20-15(22-11-9-16(17,18)19)21-10-6-12-23-14-8-5-4-7-13(14)2;/h4-5,7-8H,3,6,9-12H2,1-2H3,(H2,20,21,22);1H. The van der Waals surface area contributed by atoms with E-state index in [0.717, 1.165) is 11.3 Å². The summed E-state index contributed by atoms with van der Waals surface area (Å²) in [5, 5.41) is 5.59. The van der Waals surface area contributed by atoms with Crippen molar-refractivity contribution in [1.82, 2.24) is 10.6 Å².